The van der Waals surface area contributed by atoms with Gasteiger partial charge < -0.3 is 10.2 Å². The Labute approximate surface area is 200 Å². The summed E-state index contributed by atoms with van der Waals surface area (Å²) in [6, 6.07) is 14.0. The van der Waals surface area contributed by atoms with Crippen LogP contribution in [0.5, 0.6) is 0 Å². The SMILES string of the molecule is CC1=NN=C(c2ccc(CNC(=O)CO/N=C/c3ccc(F)cc3)cc2)C2CCCCCCC12. The van der Waals surface area contributed by atoms with Crippen LogP contribution in [0.1, 0.15) is 62.1 Å². The Morgan fingerprint density at radius 1 is 1.03 bits per heavy atom. The molecule has 7 heteroatoms. The first-order valence-corrected chi connectivity index (χ1v) is 12.0. The van der Waals surface area contributed by atoms with Crippen molar-refractivity contribution in [1.82, 2.24) is 5.32 Å². The maximum atomic E-state index is 12.9. The Morgan fingerprint density at radius 3 is 2.47 bits per heavy atom. The summed E-state index contributed by atoms with van der Waals surface area (Å²) >= 11 is 0. The van der Waals surface area contributed by atoms with Crippen LogP contribution in [0.4, 0.5) is 4.39 Å². The third-order valence-corrected chi connectivity index (χ3v) is 6.55. The largest absolute Gasteiger partial charge is 0.386 e. The van der Waals surface area contributed by atoms with Gasteiger partial charge >= 0.3 is 0 Å². The summed E-state index contributed by atoms with van der Waals surface area (Å²) in [5, 5.41) is 15.7. The molecule has 2 atom stereocenters. The first kappa shape index (κ1) is 23.8. The summed E-state index contributed by atoms with van der Waals surface area (Å²) in [6.45, 7) is 2.33. The normalized spacial score (nSPS) is 20.5. The van der Waals surface area contributed by atoms with E-state index < -0.39 is 0 Å². The Kier molecular flexibility index (Phi) is 8.17. The number of oxime groups is 1. The highest BCUT2D eigenvalue weighted by molar-refractivity contribution is 6.06. The quantitative estimate of drug-likeness (QED) is 0.450. The molecule has 2 aliphatic rings. The molecule has 6 nitrogen and oxygen atoms in total. The lowest BCUT2D eigenvalue weighted by molar-refractivity contribution is -0.125. The zero-order chi connectivity index (χ0) is 23.8. The van der Waals surface area contributed by atoms with Crippen molar-refractivity contribution in [2.24, 2.45) is 27.2 Å². The predicted molar refractivity (Wildman–Crippen MR) is 133 cm³/mol. The highest BCUT2D eigenvalue weighted by Crippen LogP contribution is 2.34. The molecule has 1 aliphatic heterocycles. The third-order valence-electron chi connectivity index (χ3n) is 6.55. The molecule has 1 amide bonds. The van der Waals surface area contributed by atoms with Crippen LogP contribution in [0.15, 0.2) is 63.9 Å². The maximum absolute atomic E-state index is 12.9. The lowest BCUT2D eigenvalue weighted by atomic mass is 9.74. The third kappa shape index (κ3) is 6.37. The van der Waals surface area contributed by atoms with Gasteiger partial charge in [-0.1, -0.05) is 67.2 Å². The number of fused-ring (bicyclic) bond motifs is 1. The van der Waals surface area contributed by atoms with Crippen molar-refractivity contribution in [2.45, 2.75) is 52.0 Å². The predicted octanol–water partition coefficient (Wildman–Crippen LogP) is 5.26. The topological polar surface area (TPSA) is 75.4 Å². The number of rotatable bonds is 7. The van der Waals surface area contributed by atoms with E-state index in [1.807, 2.05) is 12.1 Å². The van der Waals surface area contributed by atoms with E-state index in [0.717, 1.165) is 23.3 Å². The van der Waals surface area contributed by atoms with Crippen LogP contribution in [0.3, 0.4) is 0 Å². The Morgan fingerprint density at radius 2 is 1.74 bits per heavy atom. The van der Waals surface area contributed by atoms with Crippen LogP contribution in [-0.4, -0.2) is 30.2 Å². The van der Waals surface area contributed by atoms with E-state index >= 15 is 0 Å². The second-order valence-electron chi connectivity index (χ2n) is 8.96. The average molecular weight is 463 g/mol. The number of nitrogens with one attached hydrogen (secondary N) is 1. The van der Waals surface area contributed by atoms with E-state index in [1.165, 1.54) is 56.2 Å². The molecule has 1 aliphatic carbocycles. The second kappa shape index (κ2) is 11.7. The molecule has 2 aromatic rings. The molecule has 2 aromatic carbocycles. The van der Waals surface area contributed by atoms with Crippen LogP contribution in [0, 0.1) is 17.7 Å². The van der Waals surface area contributed by atoms with Gasteiger partial charge in [-0.25, -0.2) is 4.39 Å². The number of hydrogen-bond donors (Lipinski definition) is 1. The molecule has 0 bridgehead atoms. The van der Waals surface area contributed by atoms with E-state index in [-0.39, 0.29) is 18.3 Å². The van der Waals surface area contributed by atoms with Crippen molar-refractivity contribution < 1.29 is 14.0 Å². The van der Waals surface area contributed by atoms with Crippen LogP contribution < -0.4 is 5.32 Å². The zero-order valence-corrected chi connectivity index (χ0v) is 19.5. The van der Waals surface area contributed by atoms with Crippen LogP contribution in [0.2, 0.25) is 0 Å². The first-order chi connectivity index (χ1) is 16.6. The van der Waals surface area contributed by atoms with Gasteiger partial charge in [0.25, 0.3) is 5.91 Å². The molecule has 1 fully saturated rings. The van der Waals surface area contributed by atoms with Crippen molar-refractivity contribution in [1.29, 1.82) is 0 Å². The molecule has 0 aromatic heterocycles. The summed E-state index contributed by atoms with van der Waals surface area (Å²) in [5.41, 5.74) is 5.06. The fourth-order valence-electron chi connectivity index (χ4n) is 4.65. The summed E-state index contributed by atoms with van der Waals surface area (Å²) in [4.78, 5) is 17.1. The van der Waals surface area contributed by atoms with Gasteiger partial charge in [-0.15, -0.1) is 0 Å². The van der Waals surface area contributed by atoms with E-state index in [0.29, 0.717) is 23.9 Å². The number of carbonyl (C=O) groups excluding carboxylic acids is 1. The van der Waals surface area contributed by atoms with Gasteiger partial charge in [0.05, 0.1) is 11.9 Å². The standard InChI is InChI=1S/C27H31FN4O2/c1-19-24-6-4-2-3-5-7-25(24)27(32-31-19)22-12-8-20(9-13-22)16-29-26(33)18-34-30-17-21-10-14-23(28)15-11-21/h8-15,17,24-25H,2-7,16,18H2,1H3,(H,29,33)/b30-17+. The van der Waals surface area contributed by atoms with Gasteiger partial charge in [-0.2, -0.15) is 10.2 Å². The lowest BCUT2D eigenvalue weighted by Gasteiger charge is -2.32. The van der Waals surface area contributed by atoms with Gasteiger partial charge in [-0.3, -0.25) is 4.79 Å². The number of carbonyl (C=O) groups is 1. The lowest BCUT2D eigenvalue weighted by Crippen LogP contribution is -2.33. The fraction of sp³-hybridized carbons (Fsp3) is 0.407. The smallest absolute Gasteiger partial charge is 0.261 e. The number of benzene rings is 2. The highest BCUT2D eigenvalue weighted by atomic mass is 19.1. The van der Waals surface area contributed by atoms with Crippen molar-refractivity contribution in [3.63, 3.8) is 0 Å². The Balaban J connectivity index is 1.28. The van der Waals surface area contributed by atoms with Gasteiger partial charge in [0.1, 0.15) is 5.82 Å². The summed E-state index contributed by atoms with van der Waals surface area (Å²) in [5.74, 6) is 0.359. The van der Waals surface area contributed by atoms with Crippen LogP contribution >= 0.6 is 0 Å². The van der Waals surface area contributed by atoms with E-state index in [2.05, 4.69) is 39.7 Å². The summed E-state index contributed by atoms with van der Waals surface area (Å²) in [6.07, 6.45) is 8.92. The van der Waals surface area contributed by atoms with Crippen molar-refractivity contribution in [3.8, 4) is 0 Å². The number of nitrogens with zero attached hydrogens (tertiary/aromatic N) is 3. The number of halogens is 1. The molecular formula is C27H31FN4O2. The molecule has 2 unspecified atom stereocenters. The van der Waals surface area contributed by atoms with E-state index in [4.69, 9.17) is 4.84 Å². The molecule has 178 valence electrons. The number of hydrogen-bond acceptors (Lipinski definition) is 5. The molecule has 0 saturated heterocycles. The van der Waals surface area contributed by atoms with E-state index in [9.17, 15) is 9.18 Å². The molecular weight excluding hydrogens is 431 g/mol. The van der Waals surface area contributed by atoms with Crippen molar-refractivity contribution >= 4 is 23.5 Å². The van der Waals surface area contributed by atoms with Crippen molar-refractivity contribution in [3.05, 3.63) is 71.0 Å². The first-order valence-electron chi connectivity index (χ1n) is 12.0. The minimum absolute atomic E-state index is 0.187. The molecule has 0 radical (unpaired) electrons. The molecule has 0 spiro atoms. The van der Waals surface area contributed by atoms with Crippen LogP contribution in [-0.2, 0) is 16.2 Å². The average Bonchev–Trinajstić information content (AvgIpc) is 2.83. The van der Waals surface area contributed by atoms with Gasteiger partial charge in [0.2, 0.25) is 0 Å². The number of amides is 1. The summed E-state index contributed by atoms with van der Waals surface area (Å²) < 4.78 is 12.9. The zero-order valence-electron chi connectivity index (χ0n) is 19.5. The fourth-order valence-corrected chi connectivity index (χ4v) is 4.65. The second-order valence-corrected chi connectivity index (χ2v) is 8.96. The molecule has 1 heterocycles. The Bertz CT molecular complexity index is 1060. The van der Waals surface area contributed by atoms with E-state index in [1.54, 1.807) is 12.1 Å². The molecule has 4 rings (SSSR count). The van der Waals surface area contributed by atoms with Gasteiger partial charge in [-0.05, 0) is 48.6 Å². The maximum Gasteiger partial charge on any atom is 0.261 e. The highest BCUT2D eigenvalue weighted by Gasteiger charge is 2.32. The summed E-state index contributed by atoms with van der Waals surface area (Å²) in [7, 11) is 0. The van der Waals surface area contributed by atoms with Gasteiger partial charge in [0, 0.05) is 24.1 Å². The van der Waals surface area contributed by atoms with Gasteiger partial charge in [0.15, 0.2) is 6.61 Å². The Hall–Kier alpha value is -3.35. The molecule has 1 saturated carbocycles. The minimum atomic E-state index is -0.315. The minimum Gasteiger partial charge on any atom is -0.386 e. The van der Waals surface area contributed by atoms with Crippen molar-refractivity contribution in [2.75, 3.05) is 6.61 Å². The van der Waals surface area contributed by atoms with Crippen LogP contribution in [0.25, 0.3) is 0 Å². The monoisotopic (exact) mass is 462 g/mol. The molecule has 34 heavy (non-hydrogen) atoms. The molecule has 1 N–H and O–H groups in total.